The average Bonchev–Trinajstić information content (AvgIpc) is 2.31. The number of hydrogen-bond donors (Lipinski definition) is 1. The normalized spacial score (nSPS) is 11.8. The fraction of sp³-hybridized carbons (Fsp3) is 0.455. The van der Waals surface area contributed by atoms with Crippen molar-refractivity contribution in [3.05, 3.63) is 35.1 Å². The molecule has 0 radical (unpaired) electrons. The summed E-state index contributed by atoms with van der Waals surface area (Å²) in [6.07, 6.45) is 0. The molecule has 7 heteroatoms. The molecule has 0 aliphatic carbocycles. The number of nitrogens with one attached hydrogen (secondary N) is 1. The van der Waals surface area contributed by atoms with Crippen LogP contribution in [-0.2, 0) is 16.4 Å². The lowest BCUT2D eigenvalue weighted by atomic mass is 10.2. The smallest absolute Gasteiger partial charge is 0.161 e. The maximum Gasteiger partial charge on any atom is 0.161 e. The molecule has 102 valence electrons. The molecule has 0 atom stereocenters. The van der Waals surface area contributed by atoms with E-state index in [1.165, 1.54) is 6.92 Å². The highest BCUT2D eigenvalue weighted by Crippen LogP contribution is 2.13. The zero-order valence-corrected chi connectivity index (χ0v) is 10.7. The van der Waals surface area contributed by atoms with Gasteiger partial charge in [-0.05, 0) is 6.07 Å². The minimum atomic E-state index is -3.09. The largest absolute Gasteiger partial charge is 0.312 e. The maximum absolute atomic E-state index is 13.2. The Labute approximate surface area is 104 Å². The molecule has 1 rings (SSSR count). The maximum atomic E-state index is 13.2. The Morgan fingerprint density at radius 2 is 1.72 bits per heavy atom. The second kappa shape index (κ2) is 6.19. The summed E-state index contributed by atoms with van der Waals surface area (Å²) in [5.74, 6) is -3.28. The SMILES string of the molecule is CCS(=O)(=O)CCNCc1cc(F)c(F)cc1F. The van der Waals surface area contributed by atoms with Gasteiger partial charge in [0.2, 0.25) is 0 Å². The molecule has 0 unspecified atom stereocenters. The number of halogens is 3. The van der Waals surface area contributed by atoms with E-state index in [0.717, 1.165) is 6.07 Å². The molecule has 0 saturated carbocycles. The first kappa shape index (κ1) is 15.0. The van der Waals surface area contributed by atoms with Crippen molar-refractivity contribution in [2.24, 2.45) is 0 Å². The van der Waals surface area contributed by atoms with Gasteiger partial charge in [-0.25, -0.2) is 21.6 Å². The fourth-order valence-corrected chi connectivity index (χ4v) is 2.04. The molecule has 0 heterocycles. The van der Waals surface area contributed by atoms with Gasteiger partial charge < -0.3 is 5.32 Å². The predicted octanol–water partition coefficient (Wildman–Crippen LogP) is 1.63. The molecule has 18 heavy (non-hydrogen) atoms. The van der Waals surface area contributed by atoms with Crippen LogP contribution in [0.4, 0.5) is 13.2 Å². The summed E-state index contributed by atoms with van der Waals surface area (Å²) in [5.41, 5.74) is -0.0391. The van der Waals surface area contributed by atoms with Gasteiger partial charge in [0.15, 0.2) is 21.5 Å². The predicted molar refractivity (Wildman–Crippen MR) is 62.4 cm³/mol. The van der Waals surface area contributed by atoms with Crippen molar-refractivity contribution < 1.29 is 21.6 Å². The van der Waals surface area contributed by atoms with Gasteiger partial charge in [-0.15, -0.1) is 0 Å². The summed E-state index contributed by atoms with van der Waals surface area (Å²) in [6.45, 7) is 1.61. The van der Waals surface area contributed by atoms with Crippen LogP contribution in [-0.4, -0.2) is 26.5 Å². The van der Waals surface area contributed by atoms with E-state index in [2.05, 4.69) is 5.32 Å². The Balaban J connectivity index is 2.52. The van der Waals surface area contributed by atoms with Crippen LogP contribution in [0.15, 0.2) is 12.1 Å². The summed E-state index contributed by atoms with van der Waals surface area (Å²) < 4.78 is 61.0. The summed E-state index contributed by atoms with van der Waals surface area (Å²) in [6, 6.07) is 1.22. The minimum Gasteiger partial charge on any atom is -0.312 e. The number of rotatable bonds is 6. The van der Waals surface area contributed by atoms with Gasteiger partial charge in [-0.1, -0.05) is 6.92 Å². The highest BCUT2D eigenvalue weighted by molar-refractivity contribution is 7.91. The molecule has 0 aliphatic rings. The van der Waals surface area contributed by atoms with Crippen LogP contribution in [0.1, 0.15) is 12.5 Å². The van der Waals surface area contributed by atoms with Crippen molar-refractivity contribution in [3.8, 4) is 0 Å². The molecule has 0 saturated heterocycles. The van der Waals surface area contributed by atoms with Gasteiger partial charge in [0.05, 0.1) is 5.75 Å². The van der Waals surface area contributed by atoms with Crippen molar-refractivity contribution >= 4 is 9.84 Å². The van der Waals surface area contributed by atoms with Gasteiger partial charge in [-0.3, -0.25) is 0 Å². The summed E-state index contributed by atoms with van der Waals surface area (Å²) in [5, 5.41) is 2.67. The first-order valence-corrected chi connectivity index (χ1v) is 7.22. The zero-order valence-electron chi connectivity index (χ0n) is 9.84. The Morgan fingerprint density at radius 1 is 1.11 bits per heavy atom. The van der Waals surface area contributed by atoms with E-state index in [0.29, 0.717) is 6.07 Å². The topological polar surface area (TPSA) is 46.2 Å². The van der Waals surface area contributed by atoms with E-state index < -0.39 is 27.3 Å². The molecule has 0 bridgehead atoms. The fourth-order valence-electron chi connectivity index (χ4n) is 1.29. The van der Waals surface area contributed by atoms with Crippen LogP contribution in [0.25, 0.3) is 0 Å². The van der Waals surface area contributed by atoms with Crippen LogP contribution in [0.5, 0.6) is 0 Å². The first-order chi connectivity index (χ1) is 8.35. The Kier molecular flexibility index (Phi) is 5.15. The molecule has 0 aromatic heterocycles. The summed E-state index contributed by atoms with van der Waals surface area (Å²) >= 11 is 0. The van der Waals surface area contributed by atoms with E-state index >= 15 is 0 Å². The lowest BCUT2D eigenvalue weighted by Gasteiger charge is -2.06. The van der Waals surface area contributed by atoms with Gasteiger partial charge in [0, 0.05) is 30.5 Å². The summed E-state index contributed by atoms with van der Waals surface area (Å²) in [7, 11) is -3.09. The van der Waals surface area contributed by atoms with E-state index in [-0.39, 0.29) is 30.2 Å². The second-order valence-electron chi connectivity index (χ2n) is 3.77. The first-order valence-electron chi connectivity index (χ1n) is 5.40. The van der Waals surface area contributed by atoms with Gasteiger partial charge >= 0.3 is 0 Å². The van der Waals surface area contributed by atoms with E-state index in [1.807, 2.05) is 0 Å². The Hall–Kier alpha value is -1.08. The van der Waals surface area contributed by atoms with E-state index in [1.54, 1.807) is 0 Å². The third-order valence-electron chi connectivity index (χ3n) is 2.43. The highest BCUT2D eigenvalue weighted by Gasteiger charge is 2.10. The van der Waals surface area contributed by atoms with Crippen molar-refractivity contribution in [1.82, 2.24) is 5.32 Å². The number of benzene rings is 1. The van der Waals surface area contributed by atoms with Crippen LogP contribution >= 0.6 is 0 Å². The number of sulfone groups is 1. The van der Waals surface area contributed by atoms with Crippen molar-refractivity contribution in [2.45, 2.75) is 13.5 Å². The molecule has 0 aliphatic heterocycles. The second-order valence-corrected chi connectivity index (χ2v) is 6.24. The van der Waals surface area contributed by atoms with Crippen LogP contribution in [0.3, 0.4) is 0 Å². The Bertz CT molecular complexity index is 517. The molecule has 1 aromatic carbocycles. The molecule has 3 nitrogen and oxygen atoms in total. The lowest BCUT2D eigenvalue weighted by molar-refractivity contribution is 0.487. The van der Waals surface area contributed by atoms with Crippen molar-refractivity contribution in [1.29, 1.82) is 0 Å². The third-order valence-corrected chi connectivity index (χ3v) is 4.14. The number of hydrogen-bond acceptors (Lipinski definition) is 3. The van der Waals surface area contributed by atoms with Crippen LogP contribution < -0.4 is 5.32 Å². The van der Waals surface area contributed by atoms with Crippen molar-refractivity contribution in [3.63, 3.8) is 0 Å². The van der Waals surface area contributed by atoms with Gasteiger partial charge in [-0.2, -0.15) is 0 Å². The van der Waals surface area contributed by atoms with E-state index in [9.17, 15) is 21.6 Å². The summed E-state index contributed by atoms with van der Waals surface area (Å²) in [4.78, 5) is 0. The zero-order chi connectivity index (χ0) is 13.8. The molecule has 0 spiro atoms. The third kappa shape index (κ3) is 4.30. The minimum absolute atomic E-state index is 0.0359. The molecular weight excluding hydrogens is 267 g/mol. The van der Waals surface area contributed by atoms with E-state index in [4.69, 9.17) is 0 Å². The Morgan fingerprint density at radius 3 is 2.33 bits per heavy atom. The molecule has 0 fully saturated rings. The van der Waals surface area contributed by atoms with Crippen LogP contribution in [0, 0.1) is 17.5 Å². The quantitative estimate of drug-likeness (QED) is 0.637. The molecule has 1 N–H and O–H groups in total. The highest BCUT2D eigenvalue weighted by atomic mass is 32.2. The molecule has 1 aromatic rings. The standard InChI is InChI=1S/C11H14F3NO2S/c1-2-18(16,17)4-3-15-7-8-5-10(13)11(14)6-9(8)12/h5-6,15H,2-4,7H2,1H3. The molecular formula is C11H14F3NO2S. The monoisotopic (exact) mass is 281 g/mol. The average molecular weight is 281 g/mol. The van der Waals surface area contributed by atoms with Crippen molar-refractivity contribution in [2.75, 3.05) is 18.1 Å². The lowest BCUT2D eigenvalue weighted by Crippen LogP contribution is -2.24. The van der Waals surface area contributed by atoms with Gasteiger partial charge in [0.25, 0.3) is 0 Å². The van der Waals surface area contributed by atoms with Crippen LogP contribution in [0.2, 0.25) is 0 Å². The van der Waals surface area contributed by atoms with Gasteiger partial charge in [0.1, 0.15) is 5.82 Å². The molecule has 0 amide bonds.